The van der Waals surface area contributed by atoms with Gasteiger partial charge in [0, 0.05) is 9.49 Å². The number of halogens is 1. The summed E-state index contributed by atoms with van der Waals surface area (Å²) in [4.78, 5) is 33.5. The first kappa shape index (κ1) is 18.4. The molecule has 134 valence electrons. The summed E-state index contributed by atoms with van der Waals surface area (Å²) in [6.07, 6.45) is -0.899. The number of carbonyl (C=O) groups excluding carboxylic acids is 2. The summed E-state index contributed by atoms with van der Waals surface area (Å²) in [6, 6.07) is 12.9. The van der Waals surface area contributed by atoms with E-state index in [9.17, 15) is 14.4 Å². The fourth-order valence-electron chi connectivity index (χ4n) is 3.16. The molecule has 0 fully saturated rings. The van der Waals surface area contributed by atoms with Gasteiger partial charge in [-0.1, -0.05) is 36.4 Å². The van der Waals surface area contributed by atoms with Gasteiger partial charge in [0.25, 0.3) is 0 Å². The maximum absolute atomic E-state index is 12.0. The Hall–Kier alpha value is -2.42. The Labute approximate surface area is 163 Å². The normalized spacial score (nSPS) is 15.5. The molecule has 2 aromatic rings. The molecular formula is C19H16INO5. The van der Waals surface area contributed by atoms with Crippen molar-refractivity contribution in [3.8, 4) is 11.1 Å². The number of carboxylic acid groups (broad SMARTS) is 1. The molecule has 1 aliphatic rings. The van der Waals surface area contributed by atoms with E-state index in [1.54, 1.807) is 0 Å². The summed E-state index contributed by atoms with van der Waals surface area (Å²) in [5.74, 6) is -1.27. The van der Waals surface area contributed by atoms with E-state index in [-0.39, 0.29) is 12.5 Å². The summed E-state index contributed by atoms with van der Waals surface area (Å²) in [7, 11) is 0. The van der Waals surface area contributed by atoms with Gasteiger partial charge in [0.15, 0.2) is 0 Å². The Morgan fingerprint density at radius 2 is 1.92 bits per heavy atom. The monoisotopic (exact) mass is 465 g/mol. The van der Waals surface area contributed by atoms with Crippen molar-refractivity contribution in [2.75, 3.05) is 6.61 Å². The molecule has 0 aromatic heterocycles. The lowest BCUT2D eigenvalue weighted by Gasteiger charge is -2.16. The summed E-state index contributed by atoms with van der Waals surface area (Å²) in [5.41, 5.74) is 4.44. The molecule has 0 saturated heterocycles. The van der Waals surface area contributed by atoms with Gasteiger partial charge in [0.2, 0.25) is 0 Å². The second-order valence-corrected chi connectivity index (χ2v) is 7.09. The van der Waals surface area contributed by atoms with Gasteiger partial charge in [-0.3, -0.25) is 4.79 Å². The van der Waals surface area contributed by atoms with E-state index in [2.05, 4.69) is 27.9 Å². The first-order valence-electron chi connectivity index (χ1n) is 7.99. The number of aliphatic carboxylic acids is 1. The third-order valence-corrected chi connectivity index (χ3v) is 5.17. The van der Waals surface area contributed by atoms with Gasteiger partial charge in [-0.05, 0) is 50.9 Å². The van der Waals surface area contributed by atoms with Crippen LogP contribution in [-0.2, 0) is 14.3 Å². The van der Waals surface area contributed by atoms with Crippen LogP contribution in [0, 0.1) is 3.57 Å². The van der Waals surface area contributed by atoms with Crippen molar-refractivity contribution in [1.29, 1.82) is 0 Å². The van der Waals surface area contributed by atoms with Crippen LogP contribution >= 0.6 is 22.6 Å². The van der Waals surface area contributed by atoms with E-state index >= 15 is 0 Å². The fourth-order valence-corrected chi connectivity index (χ4v) is 3.97. The molecule has 0 saturated carbocycles. The number of rotatable bonds is 6. The molecule has 2 N–H and O–H groups in total. The number of nitrogens with one attached hydrogen (secondary N) is 1. The largest absolute Gasteiger partial charge is 0.481 e. The minimum atomic E-state index is -1.17. The topological polar surface area (TPSA) is 92.7 Å². The lowest BCUT2D eigenvalue weighted by atomic mass is 9.98. The molecular weight excluding hydrogens is 449 g/mol. The van der Waals surface area contributed by atoms with Crippen LogP contribution in [0.5, 0.6) is 0 Å². The van der Waals surface area contributed by atoms with Crippen LogP contribution in [-0.4, -0.2) is 36.1 Å². The zero-order valence-electron chi connectivity index (χ0n) is 13.6. The van der Waals surface area contributed by atoms with Gasteiger partial charge in [0.1, 0.15) is 12.9 Å². The van der Waals surface area contributed by atoms with E-state index < -0.39 is 24.5 Å². The quantitative estimate of drug-likeness (QED) is 0.505. The molecule has 0 radical (unpaired) electrons. The van der Waals surface area contributed by atoms with E-state index in [0.717, 1.165) is 25.8 Å². The summed E-state index contributed by atoms with van der Waals surface area (Å²) >= 11 is 2.29. The van der Waals surface area contributed by atoms with Gasteiger partial charge in [-0.2, -0.15) is 0 Å². The zero-order valence-corrected chi connectivity index (χ0v) is 15.8. The standard InChI is InChI=1S/C19H16INO5/c20-16-7-3-6-14-15(12-4-1-2-5-13(12)18(14)16)10-26-19(25)21-11(9-22)8-17(23)24/h1-7,9,11,15H,8,10H2,(H,21,25)(H,23,24)/t11-,15?/m0/s1. The molecule has 2 atom stereocenters. The maximum Gasteiger partial charge on any atom is 0.407 e. The number of carboxylic acids is 1. The molecule has 0 aliphatic heterocycles. The van der Waals surface area contributed by atoms with Gasteiger partial charge in [0.05, 0.1) is 12.5 Å². The van der Waals surface area contributed by atoms with Crippen LogP contribution in [0.4, 0.5) is 4.79 Å². The SMILES string of the molecule is O=C[C@H](CC(=O)O)NC(=O)OCC1c2ccccc2-c2c(I)cccc21. The summed E-state index contributed by atoms with van der Waals surface area (Å²) in [5, 5.41) is 11.0. The highest BCUT2D eigenvalue weighted by Gasteiger charge is 2.30. The summed E-state index contributed by atoms with van der Waals surface area (Å²) in [6.45, 7) is 0.106. The smallest absolute Gasteiger partial charge is 0.407 e. The molecule has 1 unspecified atom stereocenters. The molecule has 0 heterocycles. The van der Waals surface area contributed by atoms with Gasteiger partial charge < -0.3 is 20.0 Å². The summed E-state index contributed by atoms with van der Waals surface area (Å²) < 4.78 is 6.42. The van der Waals surface area contributed by atoms with Crippen LogP contribution in [0.15, 0.2) is 42.5 Å². The molecule has 1 aliphatic carbocycles. The average molecular weight is 465 g/mol. The number of benzene rings is 2. The number of carbonyl (C=O) groups is 3. The van der Waals surface area contributed by atoms with E-state index in [4.69, 9.17) is 9.84 Å². The Morgan fingerprint density at radius 1 is 1.19 bits per heavy atom. The van der Waals surface area contributed by atoms with Crippen molar-refractivity contribution < 1.29 is 24.2 Å². The molecule has 7 heteroatoms. The number of alkyl carbamates (subject to hydrolysis) is 1. The predicted octanol–water partition coefficient (Wildman–Crippen LogP) is 3.17. The number of hydrogen-bond donors (Lipinski definition) is 2. The van der Waals surface area contributed by atoms with Crippen LogP contribution in [0.3, 0.4) is 0 Å². The molecule has 3 rings (SSSR count). The molecule has 6 nitrogen and oxygen atoms in total. The van der Waals surface area contributed by atoms with Crippen LogP contribution in [0.2, 0.25) is 0 Å². The second kappa shape index (κ2) is 7.86. The maximum atomic E-state index is 12.0. The minimum absolute atomic E-state index is 0.101. The van der Waals surface area contributed by atoms with Gasteiger partial charge in [-0.15, -0.1) is 0 Å². The Morgan fingerprint density at radius 3 is 2.65 bits per heavy atom. The van der Waals surface area contributed by atoms with E-state index in [1.165, 1.54) is 0 Å². The van der Waals surface area contributed by atoms with Crippen molar-refractivity contribution in [3.05, 3.63) is 57.2 Å². The Kier molecular flexibility index (Phi) is 5.55. The molecule has 1 amide bonds. The van der Waals surface area contributed by atoms with Crippen LogP contribution in [0.1, 0.15) is 23.5 Å². The molecule has 2 aromatic carbocycles. The fraction of sp³-hybridized carbons (Fsp3) is 0.211. The predicted molar refractivity (Wildman–Crippen MR) is 103 cm³/mol. The Balaban J connectivity index is 1.75. The number of ether oxygens (including phenoxy) is 1. The van der Waals surface area contributed by atoms with Crippen molar-refractivity contribution in [2.45, 2.75) is 18.4 Å². The number of aldehydes is 1. The van der Waals surface area contributed by atoms with Gasteiger partial charge >= 0.3 is 12.1 Å². The first-order chi connectivity index (χ1) is 12.5. The third-order valence-electron chi connectivity index (χ3n) is 4.27. The second-order valence-electron chi connectivity index (χ2n) is 5.93. The zero-order chi connectivity index (χ0) is 18.7. The van der Waals surface area contributed by atoms with Crippen molar-refractivity contribution in [3.63, 3.8) is 0 Å². The highest BCUT2D eigenvalue weighted by Crippen LogP contribution is 2.46. The van der Waals surface area contributed by atoms with Crippen molar-refractivity contribution >= 4 is 40.9 Å². The lowest BCUT2D eigenvalue weighted by Crippen LogP contribution is -2.38. The average Bonchev–Trinajstić information content (AvgIpc) is 2.94. The Bertz CT molecular complexity index is 867. The van der Waals surface area contributed by atoms with Crippen molar-refractivity contribution in [2.24, 2.45) is 0 Å². The molecule has 0 bridgehead atoms. The highest BCUT2D eigenvalue weighted by molar-refractivity contribution is 14.1. The first-order valence-corrected chi connectivity index (χ1v) is 9.07. The van der Waals surface area contributed by atoms with E-state index in [1.807, 2.05) is 42.5 Å². The van der Waals surface area contributed by atoms with Gasteiger partial charge in [-0.25, -0.2) is 4.79 Å². The number of amides is 1. The molecule has 26 heavy (non-hydrogen) atoms. The highest BCUT2D eigenvalue weighted by atomic mass is 127. The number of fused-ring (bicyclic) bond motifs is 3. The minimum Gasteiger partial charge on any atom is -0.481 e. The van der Waals surface area contributed by atoms with Crippen LogP contribution in [0.25, 0.3) is 11.1 Å². The molecule has 0 spiro atoms. The van der Waals surface area contributed by atoms with Crippen molar-refractivity contribution in [1.82, 2.24) is 5.32 Å². The van der Waals surface area contributed by atoms with E-state index in [0.29, 0.717) is 6.29 Å². The van der Waals surface area contributed by atoms with Crippen LogP contribution < -0.4 is 5.32 Å². The number of hydrogen-bond acceptors (Lipinski definition) is 4. The third kappa shape index (κ3) is 3.72. The lowest BCUT2D eigenvalue weighted by molar-refractivity contribution is -0.138.